The lowest BCUT2D eigenvalue weighted by Crippen LogP contribution is -2.24. The lowest BCUT2D eigenvalue weighted by molar-refractivity contribution is -0.384. The van der Waals surface area contributed by atoms with Crippen molar-refractivity contribution in [3.05, 3.63) is 33.9 Å². The van der Waals surface area contributed by atoms with Gasteiger partial charge in [-0.2, -0.15) is 13.2 Å². The molecule has 5 nitrogen and oxygen atoms in total. The SMILES string of the molecule is CN1CCC(Nc2ccc(C(F)(F)F)cc2[N+](=O)[O-])C1. The Morgan fingerprint density at radius 1 is 1.45 bits per heavy atom. The van der Waals surface area contributed by atoms with Gasteiger partial charge in [-0.3, -0.25) is 10.1 Å². The highest BCUT2D eigenvalue weighted by Crippen LogP contribution is 2.35. The number of likely N-dealkylation sites (N-methyl/N-ethyl adjacent to an activating group) is 1. The molecule has 1 N–H and O–H groups in total. The van der Waals surface area contributed by atoms with E-state index in [1.807, 2.05) is 11.9 Å². The fourth-order valence-electron chi connectivity index (χ4n) is 2.25. The Hall–Kier alpha value is -1.83. The molecule has 0 radical (unpaired) electrons. The van der Waals surface area contributed by atoms with Gasteiger partial charge in [0.15, 0.2) is 0 Å². The van der Waals surface area contributed by atoms with E-state index in [4.69, 9.17) is 0 Å². The van der Waals surface area contributed by atoms with Gasteiger partial charge in [-0.05, 0) is 32.1 Å². The van der Waals surface area contributed by atoms with Crippen LogP contribution in [0.25, 0.3) is 0 Å². The Kier molecular flexibility index (Phi) is 3.85. The molecule has 0 saturated carbocycles. The minimum absolute atomic E-state index is 0.00966. The second-order valence-corrected chi connectivity index (χ2v) is 4.88. The number of nitrogens with one attached hydrogen (secondary N) is 1. The molecular formula is C12H14F3N3O2. The van der Waals surface area contributed by atoms with Gasteiger partial charge < -0.3 is 10.2 Å². The van der Waals surface area contributed by atoms with Crippen molar-refractivity contribution in [1.29, 1.82) is 0 Å². The summed E-state index contributed by atoms with van der Waals surface area (Å²) >= 11 is 0. The summed E-state index contributed by atoms with van der Waals surface area (Å²) in [6.07, 6.45) is -3.79. The highest BCUT2D eigenvalue weighted by Gasteiger charge is 2.33. The molecule has 1 atom stereocenters. The molecule has 0 aromatic heterocycles. The molecule has 0 aliphatic carbocycles. The van der Waals surface area contributed by atoms with E-state index < -0.39 is 22.4 Å². The molecule has 1 saturated heterocycles. The van der Waals surface area contributed by atoms with Gasteiger partial charge in [-0.15, -0.1) is 0 Å². The lowest BCUT2D eigenvalue weighted by Gasteiger charge is -2.15. The van der Waals surface area contributed by atoms with Crippen molar-refractivity contribution in [3.8, 4) is 0 Å². The normalized spacial score (nSPS) is 20.1. The Balaban J connectivity index is 2.26. The van der Waals surface area contributed by atoms with Crippen LogP contribution in [0.15, 0.2) is 18.2 Å². The maximum atomic E-state index is 12.6. The quantitative estimate of drug-likeness (QED) is 0.686. The standard InChI is InChI=1S/C12H14F3N3O2/c1-17-5-4-9(7-17)16-10-3-2-8(12(13,14)15)6-11(10)18(19)20/h2-3,6,9,16H,4-5,7H2,1H3. The van der Waals surface area contributed by atoms with E-state index >= 15 is 0 Å². The monoisotopic (exact) mass is 289 g/mol. The predicted molar refractivity (Wildman–Crippen MR) is 67.6 cm³/mol. The summed E-state index contributed by atoms with van der Waals surface area (Å²) in [5.41, 5.74) is -1.43. The van der Waals surface area contributed by atoms with E-state index in [-0.39, 0.29) is 11.7 Å². The molecule has 1 aromatic carbocycles. The number of anilines is 1. The van der Waals surface area contributed by atoms with Crippen molar-refractivity contribution in [2.45, 2.75) is 18.6 Å². The Morgan fingerprint density at radius 3 is 2.65 bits per heavy atom. The Bertz CT molecular complexity index is 519. The summed E-state index contributed by atoms with van der Waals surface area (Å²) in [7, 11) is 1.92. The summed E-state index contributed by atoms with van der Waals surface area (Å²) in [6.45, 7) is 1.56. The number of nitro groups is 1. The third-order valence-electron chi connectivity index (χ3n) is 3.27. The van der Waals surface area contributed by atoms with Crippen LogP contribution in [0.3, 0.4) is 0 Å². The van der Waals surface area contributed by atoms with E-state index in [2.05, 4.69) is 5.32 Å². The first-order valence-electron chi connectivity index (χ1n) is 6.08. The zero-order valence-electron chi connectivity index (χ0n) is 10.8. The molecule has 110 valence electrons. The summed E-state index contributed by atoms with van der Waals surface area (Å²) in [6, 6.07) is 2.56. The van der Waals surface area contributed by atoms with Gasteiger partial charge >= 0.3 is 6.18 Å². The number of rotatable bonds is 3. The number of nitro benzene ring substituents is 1. The van der Waals surface area contributed by atoms with Crippen LogP contribution in [0, 0.1) is 10.1 Å². The first-order chi connectivity index (χ1) is 9.27. The molecule has 1 aliphatic heterocycles. The van der Waals surface area contributed by atoms with Crippen molar-refractivity contribution in [3.63, 3.8) is 0 Å². The molecule has 1 unspecified atom stereocenters. The van der Waals surface area contributed by atoms with Crippen molar-refractivity contribution in [2.75, 3.05) is 25.5 Å². The van der Waals surface area contributed by atoms with E-state index in [1.165, 1.54) is 0 Å². The van der Waals surface area contributed by atoms with E-state index in [0.29, 0.717) is 12.6 Å². The molecule has 8 heteroatoms. The van der Waals surface area contributed by atoms with Crippen LogP contribution in [-0.2, 0) is 6.18 Å². The number of likely N-dealkylation sites (tertiary alicyclic amines) is 1. The average molecular weight is 289 g/mol. The molecule has 0 spiro atoms. The topological polar surface area (TPSA) is 58.4 Å². The third-order valence-corrected chi connectivity index (χ3v) is 3.27. The molecule has 1 fully saturated rings. The van der Waals surface area contributed by atoms with Gasteiger partial charge in [0.2, 0.25) is 0 Å². The first-order valence-corrected chi connectivity index (χ1v) is 6.08. The average Bonchev–Trinajstić information content (AvgIpc) is 2.73. The maximum Gasteiger partial charge on any atom is 0.416 e. The second-order valence-electron chi connectivity index (χ2n) is 4.88. The molecule has 1 aliphatic rings. The Morgan fingerprint density at radius 2 is 2.15 bits per heavy atom. The first kappa shape index (κ1) is 14.6. The number of hydrogen-bond acceptors (Lipinski definition) is 4. The van der Waals surface area contributed by atoms with Gasteiger partial charge in [0.1, 0.15) is 5.69 Å². The molecule has 2 rings (SSSR count). The van der Waals surface area contributed by atoms with Gasteiger partial charge in [-0.1, -0.05) is 0 Å². The van der Waals surface area contributed by atoms with Crippen LogP contribution in [0.1, 0.15) is 12.0 Å². The van der Waals surface area contributed by atoms with Crippen LogP contribution < -0.4 is 5.32 Å². The van der Waals surface area contributed by atoms with Crippen molar-refractivity contribution >= 4 is 11.4 Å². The third kappa shape index (κ3) is 3.19. The van der Waals surface area contributed by atoms with Gasteiger partial charge in [0.05, 0.1) is 10.5 Å². The number of nitrogens with zero attached hydrogens (tertiary/aromatic N) is 2. The highest BCUT2D eigenvalue weighted by molar-refractivity contribution is 5.63. The minimum Gasteiger partial charge on any atom is -0.375 e. The molecule has 20 heavy (non-hydrogen) atoms. The van der Waals surface area contributed by atoms with E-state index in [1.54, 1.807) is 0 Å². The summed E-state index contributed by atoms with van der Waals surface area (Å²) in [5, 5.41) is 13.9. The number of halogens is 3. The van der Waals surface area contributed by atoms with Crippen LogP contribution in [0.4, 0.5) is 24.5 Å². The van der Waals surface area contributed by atoms with E-state index in [9.17, 15) is 23.3 Å². The fraction of sp³-hybridized carbons (Fsp3) is 0.500. The van der Waals surface area contributed by atoms with Crippen LogP contribution in [0.5, 0.6) is 0 Å². The molecular weight excluding hydrogens is 275 g/mol. The van der Waals surface area contributed by atoms with Gasteiger partial charge in [-0.25, -0.2) is 0 Å². The molecule has 0 bridgehead atoms. The largest absolute Gasteiger partial charge is 0.416 e. The highest BCUT2D eigenvalue weighted by atomic mass is 19.4. The zero-order chi connectivity index (χ0) is 14.9. The van der Waals surface area contributed by atoms with Crippen LogP contribution >= 0.6 is 0 Å². The lowest BCUT2D eigenvalue weighted by atomic mass is 10.1. The maximum absolute atomic E-state index is 12.6. The summed E-state index contributed by atoms with van der Waals surface area (Å²) < 4.78 is 37.7. The number of hydrogen-bond donors (Lipinski definition) is 1. The van der Waals surface area contributed by atoms with Gasteiger partial charge in [0.25, 0.3) is 5.69 Å². The fourth-order valence-corrected chi connectivity index (χ4v) is 2.25. The number of benzene rings is 1. The summed E-state index contributed by atoms with van der Waals surface area (Å²) in [4.78, 5) is 12.2. The molecule has 0 amide bonds. The van der Waals surface area contributed by atoms with Crippen LogP contribution in [0.2, 0.25) is 0 Å². The molecule has 1 aromatic rings. The van der Waals surface area contributed by atoms with Crippen molar-refractivity contribution in [1.82, 2.24) is 4.90 Å². The Labute approximate surface area is 113 Å². The van der Waals surface area contributed by atoms with E-state index in [0.717, 1.165) is 25.1 Å². The summed E-state index contributed by atoms with van der Waals surface area (Å²) in [5.74, 6) is 0. The van der Waals surface area contributed by atoms with Crippen molar-refractivity contribution < 1.29 is 18.1 Å². The minimum atomic E-state index is -4.59. The predicted octanol–water partition coefficient (Wildman–Crippen LogP) is 2.73. The second kappa shape index (κ2) is 5.28. The van der Waals surface area contributed by atoms with Crippen molar-refractivity contribution in [2.24, 2.45) is 0 Å². The smallest absolute Gasteiger partial charge is 0.375 e. The van der Waals surface area contributed by atoms with Gasteiger partial charge in [0, 0.05) is 18.7 Å². The number of alkyl halides is 3. The van der Waals surface area contributed by atoms with Crippen LogP contribution in [-0.4, -0.2) is 36.0 Å². The molecule has 1 heterocycles. The zero-order valence-corrected chi connectivity index (χ0v) is 10.8.